The minimum Gasteiger partial charge on any atom is -0.298 e. The van der Waals surface area contributed by atoms with Crippen molar-refractivity contribution in [1.29, 1.82) is 0 Å². The molecule has 1 heterocycles. The van der Waals surface area contributed by atoms with Gasteiger partial charge in [0.15, 0.2) is 5.78 Å². The van der Waals surface area contributed by atoms with Crippen LogP contribution in [0.3, 0.4) is 0 Å². The summed E-state index contributed by atoms with van der Waals surface area (Å²) in [6, 6.07) is 6.52. The average molecular weight is 332 g/mol. The van der Waals surface area contributed by atoms with Gasteiger partial charge in [-0.25, -0.2) is 8.42 Å². The van der Waals surface area contributed by atoms with Gasteiger partial charge in [-0.1, -0.05) is 22.0 Å². The summed E-state index contributed by atoms with van der Waals surface area (Å²) >= 11 is 3.25. The molecule has 0 radical (unpaired) electrons. The van der Waals surface area contributed by atoms with Gasteiger partial charge in [0.05, 0.1) is 10.4 Å². The van der Waals surface area contributed by atoms with Gasteiger partial charge in [0.1, 0.15) is 0 Å². The van der Waals surface area contributed by atoms with E-state index in [2.05, 4.69) is 15.9 Å². The number of hydrogen-bond acceptors (Lipinski definition) is 3. The van der Waals surface area contributed by atoms with Crippen LogP contribution in [-0.2, 0) is 14.8 Å². The molecule has 0 atom stereocenters. The number of carbonyl (C=O) groups is 1. The highest BCUT2D eigenvalue weighted by Gasteiger charge is 2.46. The Morgan fingerprint density at radius 1 is 1.33 bits per heavy atom. The maximum absolute atomic E-state index is 12.5. The highest BCUT2D eigenvalue weighted by atomic mass is 79.9. The predicted octanol–water partition coefficient (Wildman–Crippen LogP) is 2.19. The normalized spacial score (nSPS) is 20.3. The summed E-state index contributed by atoms with van der Waals surface area (Å²) in [5.74, 6) is -0.0407. The highest BCUT2D eigenvalue weighted by Crippen LogP contribution is 2.32. The summed E-state index contributed by atoms with van der Waals surface area (Å²) in [6.45, 7) is 3.55. The maximum atomic E-state index is 12.5. The van der Waals surface area contributed by atoms with E-state index in [4.69, 9.17) is 0 Å². The number of benzene rings is 1. The van der Waals surface area contributed by atoms with Gasteiger partial charge in [-0.2, -0.15) is 4.31 Å². The molecular formula is C12H14BrNO3S. The van der Waals surface area contributed by atoms with Crippen molar-refractivity contribution < 1.29 is 13.2 Å². The third kappa shape index (κ3) is 2.13. The Bertz CT molecular complexity index is 595. The number of halogens is 1. The molecule has 0 aliphatic carbocycles. The van der Waals surface area contributed by atoms with Gasteiger partial charge in [-0.15, -0.1) is 0 Å². The number of hydrogen-bond donors (Lipinski definition) is 0. The van der Waals surface area contributed by atoms with Gasteiger partial charge in [0, 0.05) is 17.4 Å². The van der Waals surface area contributed by atoms with Crippen molar-refractivity contribution in [1.82, 2.24) is 4.31 Å². The Balaban J connectivity index is 2.48. The molecule has 1 aromatic rings. The van der Waals surface area contributed by atoms with E-state index in [1.807, 2.05) is 0 Å². The first-order valence-electron chi connectivity index (χ1n) is 5.58. The summed E-state index contributed by atoms with van der Waals surface area (Å²) in [7, 11) is -3.62. The van der Waals surface area contributed by atoms with Crippen molar-refractivity contribution in [2.45, 2.75) is 30.7 Å². The molecule has 18 heavy (non-hydrogen) atoms. The highest BCUT2D eigenvalue weighted by molar-refractivity contribution is 9.10. The van der Waals surface area contributed by atoms with E-state index < -0.39 is 15.6 Å². The first-order valence-corrected chi connectivity index (χ1v) is 7.81. The number of nitrogens with zero attached hydrogens (tertiary/aromatic N) is 1. The second-order valence-corrected chi connectivity index (χ2v) is 7.54. The van der Waals surface area contributed by atoms with E-state index in [1.54, 1.807) is 38.1 Å². The minimum atomic E-state index is -3.62. The zero-order valence-electron chi connectivity index (χ0n) is 10.2. The molecule has 1 aromatic carbocycles. The molecule has 1 aliphatic heterocycles. The van der Waals surface area contributed by atoms with E-state index in [9.17, 15) is 13.2 Å². The monoisotopic (exact) mass is 331 g/mol. The van der Waals surface area contributed by atoms with Crippen molar-refractivity contribution >= 4 is 31.7 Å². The predicted molar refractivity (Wildman–Crippen MR) is 71.7 cm³/mol. The lowest BCUT2D eigenvalue weighted by Gasteiger charge is -2.29. The van der Waals surface area contributed by atoms with Gasteiger partial charge in [0.2, 0.25) is 10.0 Å². The van der Waals surface area contributed by atoms with Crippen molar-refractivity contribution in [3.63, 3.8) is 0 Å². The van der Waals surface area contributed by atoms with E-state index in [-0.39, 0.29) is 23.6 Å². The molecule has 0 spiro atoms. The summed E-state index contributed by atoms with van der Waals surface area (Å²) in [5, 5.41) is 0. The molecule has 4 nitrogen and oxygen atoms in total. The summed E-state index contributed by atoms with van der Waals surface area (Å²) in [4.78, 5) is 11.9. The van der Waals surface area contributed by atoms with E-state index in [0.717, 1.165) is 0 Å². The third-order valence-corrected chi connectivity index (χ3v) is 5.79. The molecule has 2 rings (SSSR count). The van der Waals surface area contributed by atoms with Crippen LogP contribution in [-0.4, -0.2) is 30.6 Å². The molecule has 1 saturated heterocycles. The Labute approximate surface area is 115 Å². The standard InChI is InChI=1S/C12H14BrNO3S/c1-12(2)11(15)6-7-14(12)18(16,17)10-5-3-4-9(13)8-10/h3-5,8H,6-7H2,1-2H3. The molecule has 0 aromatic heterocycles. The molecule has 0 amide bonds. The number of rotatable bonds is 2. The van der Waals surface area contributed by atoms with Crippen LogP contribution in [0.5, 0.6) is 0 Å². The number of ketones is 1. The minimum absolute atomic E-state index is 0.0407. The van der Waals surface area contributed by atoms with E-state index >= 15 is 0 Å². The fourth-order valence-corrected chi connectivity index (χ4v) is 4.47. The molecule has 1 fully saturated rings. The molecule has 98 valence electrons. The lowest BCUT2D eigenvalue weighted by molar-refractivity contribution is -0.122. The summed E-state index contributed by atoms with van der Waals surface area (Å²) in [6.07, 6.45) is 0.278. The van der Waals surface area contributed by atoms with Crippen LogP contribution in [0.25, 0.3) is 0 Å². The topological polar surface area (TPSA) is 54.5 Å². The van der Waals surface area contributed by atoms with Crippen LogP contribution in [0.2, 0.25) is 0 Å². The van der Waals surface area contributed by atoms with E-state index in [1.165, 1.54) is 4.31 Å². The molecule has 0 saturated carbocycles. The van der Waals surface area contributed by atoms with Gasteiger partial charge in [-0.3, -0.25) is 4.79 Å². The number of Topliss-reactive ketones (excluding diaryl/α,β-unsaturated/α-hetero) is 1. The van der Waals surface area contributed by atoms with Crippen molar-refractivity contribution in [3.8, 4) is 0 Å². The lowest BCUT2D eigenvalue weighted by atomic mass is 10.0. The molecular weight excluding hydrogens is 318 g/mol. The first-order chi connectivity index (χ1) is 8.26. The quantitative estimate of drug-likeness (QED) is 0.834. The largest absolute Gasteiger partial charge is 0.298 e. The Morgan fingerprint density at radius 2 is 2.00 bits per heavy atom. The molecule has 0 bridgehead atoms. The van der Waals surface area contributed by atoms with Crippen LogP contribution in [0.1, 0.15) is 20.3 Å². The fraction of sp³-hybridized carbons (Fsp3) is 0.417. The van der Waals surface area contributed by atoms with Gasteiger partial charge < -0.3 is 0 Å². The zero-order chi connectivity index (χ0) is 13.6. The maximum Gasteiger partial charge on any atom is 0.244 e. The van der Waals surface area contributed by atoms with Crippen molar-refractivity contribution in [3.05, 3.63) is 28.7 Å². The third-order valence-electron chi connectivity index (χ3n) is 3.23. The number of sulfonamides is 1. The molecule has 0 unspecified atom stereocenters. The lowest BCUT2D eigenvalue weighted by Crippen LogP contribution is -2.46. The second-order valence-electron chi connectivity index (χ2n) is 4.77. The molecule has 1 aliphatic rings. The molecule has 6 heteroatoms. The second kappa shape index (κ2) is 4.43. The van der Waals surface area contributed by atoms with Crippen LogP contribution >= 0.6 is 15.9 Å². The van der Waals surface area contributed by atoms with E-state index in [0.29, 0.717) is 4.47 Å². The smallest absolute Gasteiger partial charge is 0.244 e. The fourth-order valence-electron chi connectivity index (χ4n) is 2.10. The van der Waals surface area contributed by atoms with Gasteiger partial charge >= 0.3 is 0 Å². The van der Waals surface area contributed by atoms with Gasteiger partial charge in [0.25, 0.3) is 0 Å². The number of carbonyl (C=O) groups excluding carboxylic acids is 1. The van der Waals surface area contributed by atoms with Crippen LogP contribution in [0, 0.1) is 0 Å². The summed E-state index contributed by atoms with van der Waals surface area (Å²) < 4.78 is 27.0. The van der Waals surface area contributed by atoms with Gasteiger partial charge in [-0.05, 0) is 32.0 Å². The average Bonchev–Trinajstić information content (AvgIpc) is 2.54. The Hall–Kier alpha value is -0.720. The van der Waals surface area contributed by atoms with Crippen LogP contribution in [0.15, 0.2) is 33.6 Å². The van der Waals surface area contributed by atoms with Crippen LogP contribution in [0.4, 0.5) is 0 Å². The Kier molecular flexibility index (Phi) is 3.38. The Morgan fingerprint density at radius 3 is 2.50 bits per heavy atom. The SMILES string of the molecule is CC1(C)C(=O)CCN1S(=O)(=O)c1cccc(Br)c1. The van der Waals surface area contributed by atoms with Crippen molar-refractivity contribution in [2.75, 3.05) is 6.54 Å². The van der Waals surface area contributed by atoms with Crippen LogP contribution < -0.4 is 0 Å². The molecule has 0 N–H and O–H groups in total. The van der Waals surface area contributed by atoms with Crippen molar-refractivity contribution in [2.24, 2.45) is 0 Å². The summed E-state index contributed by atoms with van der Waals surface area (Å²) in [5.41, 5.74) is -0.957. The zero-order valence-corrected chi connectivity index (χ0v) is 12.6. The first kappa shape index (κ1) is 13.7.